The minimum Gasteiger partial charge on any atom is -0.456 e. The minimum absolute atomic E-state index is 0.585. The second kappa shape index (κ2) is 9.75. The van der Waals surface area contributed by atoms with E-state index in [0.717, 1.165) is 66.1 Å². The summed E-state index contributed by atoms with van der Waals surface area (Å²) in [6, 6.07) is 47.0. The van der Waals surface area contributed by atoms with Crippen molar-refractivity contribution in [3.8, 4) is 45.3 Å². The molecule has 0 aliphatic rings. The van der Waals surface area contributed by atoms with E-state index in [1.165, 1.54) is 5.56 Å². The standard InChI is InChI=1S/C39H23N3O2/c1-3-9-24(10-4-1)25-15-17-27(18-16-25)38-40-37(26-11-5-2-6-12-26)41-39(42-38)28-19-20-29-30-21-22-33-35(36(30)44-34(29)23-28)31-13-7-8-14-32(31)43-33/h1-23H. The first-order valence-electron chi connectivity index (χ1n) is 14.5. The topological polar surface area (TPSA) is 65.0 Å². The average Bonchev–Trinajstić information content (AvgIpc) is 3.67. The molecule has 3 aromatic heterocycles. The maximum Gasteiger partial charge on any atom is 0.164 e. The van der Waals surface area contributed by atoms with E-state index in [9.17, 15) is 0 Å². The molecular weight excluding hydrogens is 542 g/mol. The molecule has 0 amide bonds. The van der Waals surface area contributed by atoms with Gasteiger partial charge in [0.05, 0.1) is 5.39 Å². The lowest BCUT2D eigenvalue weighted by molar-refractivity contribution is 0.663. The zero-order valence-corrected chi connectivity index (χ0v) is 23.4. The molecular formula is C39H23N3O2. The first kappa shape index (κ1) is 24.5. The van der Waals surface area contributed by atoms with Gasteiger partial charge in [0, 0.05) is 32.8 Å². The highest BCUT2D eigenvalue weighted by atomic mass is 16.3. The Morgan fingerprint density at radius 1 is 0.341 bits per heavy atom. The van der Waals surface area contributed by atoms with Crippen LogP contribution in [0.4, 0.5) is 0 Å². The predicted octanol–water partition coefficient (Wildman–Crippen LogP) is 10.3. The van der Waals surface area contributed by atoms with E-state index in [4.69, 9.17) is 23.8 Å². The van der Waals surface area contributed by atoms with Gasteiger partial charge < -0.3 is 8.83 Å². The summed E-state index contributed by atoms with van der Waals surface area (Å²) in [7, 11) is 0. The number of hydrogen-bond donors (Lipinski definition) is 0. The predicted molar refractivity (Wildman–Crippen MR) is 176 cm³/mol. The molecule has 5 heteroatoms. The number of rotatable bonds is 4. The summed E-state index contributed by atoms with van der Waals surface area (Å²) < 4.78 is 12.7. The van der Waals surface area contributed by atoms with Gasteiger partial charge in [-0.3, -0.25) is 0 Å². The normalized spacial score (nSPS) is 11.6. The third-order valence-electron chi connectivity index (χ3n) is 8.16. The number of furan rings is 2. The minimum atomic E-state index is 0.585. The van der Waals surface area contributed by atoms with E-state index in [-0.39, 0.29) is 0 Å². The fraction of sp³-hybridized carbons (Fsp3) is 0. The van der Waals surface area contributed by atoms with Crippen LogP contribution in [0.5, 0.6) is 0 Å². The van der Waals surface area contributed by atoms with Gasteiger partial charge in [0.15, 0.2) is 17.5 Å². The Hall–Kier alpha value is -6.07. The molecule has 6 aromatic carbocycles. The summed E-state index contributed by atoms with van der Waals surface area (Å²) in [5, 5.41) is 4.11. The third-order valence-corrected chi connectivity index (χ3v) is 8.16. The van der Waals surface area contributed by atoms with Gasteiger partial charge in [-0.05, 0) is 41.5 Å². The van der Waals surface area contributed by atoms with E-state index in [1.807, 2.05) is 78.9 Å². The molecule has 206 valence electrons. The first-order valence-corrected chi connectivity index (χ1v) is 14.5. The van der Waals surface area contributed by atoms with Crippen molar-refractivity contribution in [1.82, 2.24) is 15.0 Å². The van der Waals surface area contributed by atoms with Gasteiger partial charge in [-0.15, -0.1) is 0 Å². The van der Waals surface area contributed by atoms with Crippen molar-refractivity contribution >= 4 is 43.9 Å². The fourth-order valence-corrected chi connectivity index (χ4v) is 5.97. The number of aromatic nitrogens is 3. The molecule has 5 nitrogen and oxygen atoms in total. The number of benzene rings is 6. The lowest BCUT2D eigenvalue weighted by atomic mass is 10.0. The number of nitrogens with zero attached hydrogens (tertiary/aromatic N) is 3. The van der Waals surface area contributed by atoms with Crippen LogP contribution in [0.15, 0.2) is 148 Å². The second-order valence-electron chi connectivity index (χ2n) is 10.8. The van der Waals surface area contributed by atoms with Crippen molar-refractivity contribution in [1.29, 1.82) is 0 Å². The van der Waals surface area contributed by atoms with Crippen LogP contribution in [-0.4, -0.2) is 15.0 Å². The van der Waals surface area contributed by atoms with Gasteiger partial charge >= 0.3 is 0 Å². The monoisotopic (exact) mass is 565 g/mol. The van der Waals surface area contributed by atoms with Crippen molar-refractivity contribution in [3.05, 3.63) is 140 Å². The molecule has 0 spiro atoms. The van der Waals surface area contributed by atoms with Crippen LogP contribution in [0.3, 0.4) is 0 Å². The molecule has 44 heavy (non-hydrogen) atoms. The van der Waals surface area contributed by atoms with E-state index in [1.54, 1.807) is 0 Å². The largest absolute Gasteiger partial charge is 0.456 e. The van der Waals surface area contributed by atoms with Gasteiger partial charge in [0.1, 0.15) is 22.3 Å². The molecule has 0 saturated carbocycles. The summed E-state index contributed by atoms with van der Waals surface area (Å²) in [4.78, 5) is 14.8. The highest BCUT2D eigenvalue weighted by molar-refractivity contribution is 6.22. The van der Waals surface area contributed by atoms with Gasteiger partial charge in [-0.2, -0.15) is 0 Å². The van der Waals surface area contributed by atoms with E-state index < -0.39 is 0 Å². The molecule has 0 saturated heterocycles. The molecule has 0 bridgehead atoms. The van der Waals surface area contributed by atoms with Crippen molar-refractivity contribution in [3.63, 3.8) is 0 Å². The van der Waals surface area contributed by atoms with Crippen LogP contribution < -0.4 is 0 Å². The Labute approximate surface area is 252 Å². The molecule has 0 aliphatic heterocycles. The molecule has 0 radical (unpaired) electrons. The van der Waals surface area contributed by atoms with Crippen LogP contribution in [0.25, 0.3) is 89.2 Å². The quantitative estimate of drug-likeness (QED) is 0.212. The number of fused-ring (bicyclic) bond motifs is 7. The lowest BCUT2D eigenvalue weighted by Crippen LogP contribution is -2.00. The third kappa shape index (κ3) is 3.98. The Bertz CT molecular complexity index is 2480. The molecule has 0 unspecified atom stereocenters. The summed E-state index contributed by atoms with van der Waals surface area (Å²) >= 11 is 0. The Morgan fingerprint density at radius 3 is 1.64 bits per heavy atom. The van der Waals surface area contributed by atoms with Gasteiger partial charge in [0.2, 0.25) is 0 Å². The lowest BCUT2D eigenvalue weighted by Gasteiger charge is -2.09. The van der Waals surface area contributed by atoms with Gasteiger partial charge in [0.25, 0.3) is 0 Å². The summed E-state index contributed by atoms with van der Waals surface area (Å²) in [6.45, 7) is 0. The molecule has 9 aromatic rings. The Balaban J connectivity index is 1.20. The van der Waals surface area contributed by atoms with Crippen LogP contribution in [-0.2, 0) is 0 Å². The van der Waals surface area contributed by atoms with E-state index in [2.05, 4.69) is 60.7 Å². The molecule has 0 aliphatic carbocycles. The molecule has 3 heterocycles. The zero-order valence-electron chi connectivity index (χ0n) is 23.4. The molecule has 0 fully saturated rings. The molecule has 0 atom stereocenters. The SMILES string of the molecule is c1ccc(-c2ccc(-c3nc(-c4ccccc4)nc(-c4ccc5c(c4)oc4c5ccc5oc6ccccc6c54)n3)cc2)cc1. The van der Waals surface area contributed by atoms with Gasteiger partial charge in [-0.1, -0.05) is 109 Å². The second-order valence-corrected chi connectivity index (χ2v) is 10.8. The highest BCUT2D eigenvalue weighted by Gasteiger charge is 2.18. The highest BCUT2D eigenvalue weighted by Crippen LogP contribution is 2.40. The summed E-state index contributed by atoms with van der Waals surface area (Å²) in [6.07, 6.45) is 0. The van der Waals surface area contributed by atoms with Crippen LogP contribution in [0.2, 0.25) is 0 Å². The van der Waals surface area contributed by atoms with Crippen LogP contribution in [0.1, 0.15) is 0 Å². The number of para-hydroxylation sites is 1. The first-order chi connectivity index (χ1) is 21.8. The maximum atomic E-state index is 6.55. The van der Waals surface area contributed by atoms with Crippen molar-refractivity contribution in [2.75, 3.05) is 0 Å². The van der Waals surface area contributed by atoms with Gasteiger partial charge in [-0.25, -0.2) is 15.0 Å². The Kier molecular flexibility index (Phi) is 5.43. The molecule has 9 rings (SSSR count). The zero-order chi connectivity index (χ0) is 29.0. The average molecular weight is 566 g/mol. The Morgan fingerprint density at radius 2 is 0.886 bits per heavy atom. The molecule has 0 N–H and O–H groups in total. The smallest absolute Gasteiger partial charge is 0.164 e. The summed E-state index contributed by atoms with van der Waals surface area (Å²) in [5.41, 5.74) is 8.26. The number of hydrogen-bond acceptors (Lipinski definition) is 5. The van der Waals surface area contributed by atoms with Crippen molar-refractivity contribution in [2.45, 2.75) is 0 Å². The van der Waals surface area contributed by atoms with E-state index >= 15 is 0 Å². The van der Waals surface area contributed by atoms with Crippen LogP contribution >= 0.6 is 0 Å². The van der Waals surface area contributed by atoms with E-state index in [0.29, 0.717) is 17.5 Å². The maximum absolute atomic E-state index is 6.55. The van der Waals surface area contributed by atoms with Crippen molar-refractivity contribution in [2.24, 2.45) is 0 Å². The van der Waals surface area contributed by atoms with Crippen LogP contribution in [0, 0.1) is 0 Å². The fourth-order valence-electron chi connectivity index (χ4n) is 5.97. The van der Waals surface area contributed by atoms with Crippen molar-refractivity contribution < 1.29 is 8.83 Å². The summed E-state index contributed by atoms with van der Waals surface area (Å²) in [5.74, 6) is 1.82.